The van der Waals surface area contributed by atoms with E-state index < -0.39 is 5.82 Å². The molecule has 2 heterocycles. The molecule has 112 valence electrons. The number of halogens is 1. The summed E-state index contributed by atoms with van der Waals surface area (Å²) in [7, 11) is 1.45. The molecule has 0 unspecified atom stereocenters. The Hall–Kier alpha value is -2.69. The van der Waals surface area contributed by atoms with Crippen molar-refractivity contribution in [2.24, 2.45) is 0 Å². The summed E-state index contributed by atoms with van der Waals surface area (Å²) in [5.41, 5.74) is 3.56. The zero-order chi connectivity index (χ0) is 15.5. The van der Waals surface area contributed by atoms with Gasteiger partial charge < -0.3 is 10.1 Å². The number of pyridine rings is 2. The molecule has 1 aromatic carbocycles. The molecule has 0 saturated heterocycles. The maximum Gasteiger partial charge on any atom is 0.167 e. The summed E-state index contributed by atoms with van der Waals surface area (Å²) in [4.78, 5) is 8.52. The first-order valence-corrected chi connectivity index (χ1v) is 6.95. The first kappa shape index (κ1) is 14.3. The summed E-state index contributed by atoms with van der Waals surface area (Å²) in [5, 5.41) is 4.13. The number of hydrogen-bond acceptors (Lipinski definition) is 4. The van der Waals surface area contributed by atoms with Crippen LogP contribution in [0, 0.1) is 12.7 Å². The predicted molar refractivity (Wildman–Crippen MR) is 84.6 cm³/mol. The van der Waals surface area contributed by atoms with Crippen LogP contribution in [0.4, 0.5) is 10.1 Å². The number of aryl methyl sites for hydroxylation is 1. The molecule has 0 aliphatic heterocycles. The van der Waals surface area contributed by atoms with Crippen molar-refractivity contribution in [1.29, 1.82) is 0 Å². The molecule has 0 fully saturated rings. The summed E-state index contributed by atoms with van der Waals surface area (Å²) in [5.74, 6) is -0.211. The topological polar surface area (TPSA) is 47.0 Å². The van der Waals surface area contributed by atoms with Gasteiger partial charge in [-0.3, -0.25) is 9.97 Å². The minimum atomic E-state index is -0.417. The van der Waals surface area contributed by atoms with E-state index in [1.807, 2.05) is 25.1 Å². The predicted octanol–water partition coefficient (Wildman–Crippen LogP) is 3.70. The molecule has 3 aromatic rings. The van der Waals surface area contributed by atoms with E-state index in [1.54, 1.807) is 18.5 Å². The van der Waals surface area contributed by atoms with Crippen LogP contribution >= 0.6 is 0 Å². The fourth-order valence-electron chi connectivity index (χ4n) is 2.34. The van der Waals surface area contributed by atoms with Crippen LogP contribution in [0.25, 0.3) is 10.9 Å². The molecule has 22 heavy (non-hydrogen) atoms. The monoisotopic (exact) mass is 297 g/mol. The second kappa shape index (κ2) is 5.97. The van der Waals surface area contributed by atoms with Crippen LogP contribution in [-0.4, -0.2) is 17.1 Å². The Morgan fingerprint density at radius 1 is 1.14 bits per heavy atom. The molecule has 0 amide bonds. The second-order valence-corrected chi connectivity index (χ2v) is 5.04. The maximum atomic E-state index is 13.8. The number of methoxy groups -OCH3 is 1. The standard InChI is InChI=1S/C17H16FN3O/c1-11-3-5-19-12(7-11)10-21-15-4-6-20-16-9-14(18)17(22-2)8-13(15)16/h3-9H,10H2,1-2H3,(H,20,21). The number of aromatic nitrogens is 2. The van der Waals surface area contributed by atoms with Crippen molar-refractivity contribution >= 4 is 16.6 Å². The van der Waals surface area contributed by atoms with Gasteiger partial charge in [0.25, 0.3) is 0 Å². The Morgan fingerprint density at radius 3 is 2.73 bits per heavy atom. The van der Waals surface area contributed by atoms with Crippen LogP contribution in [0.15, 0.2) is 42.7 Å². The Labute approximate surface area is 128 Å². The van der Waals surface area contributed by atoms with Crippen molar-refractivity contribution in [1.82, 2.24) is 9.97 Å². The highest BCUT2D eigenvalue weighted by molar-refractivity contribution is 5.92. The average Bonchev–Trinajstić information content (AvgIpc) is 2.52. The van der Waals surface area contributed by atoms with Crippen molar-refractivity contribution in [3.63, 3.8) is 0 Å². The molecule has 0 atom stereocenters. The fourth-order valence-corrected chi connectivity index (χ4v) is 2.34. The van der Waals surface area contributed by atoms with Crippen molar-refractivity contribution in [2.75, 3.05) is 12.4 Å². The molecule has 0 aliphatic carbocycles. The Morgan fingerprint density at radius 2 is 1.95 bits per heavy atom. The number of ether oxygens (including phenoxy) is 1. The molecule has 3 rings (SSSR count). The fraction of sp³-hybridized carbons (Fsp3) is 0.176. The second-order valence-electron chi connectivity index (χ2n) is 5.04. The third-order valence-electron chi connectivity index (χ3n) is 3.45. The quantitative estimate of drug-likeness (QED) is 0.797. The Balaban J connectivity index is 1.93. The van der Waals surface area contributed by atoms with Crippen LogP contribution < -0.4 is 10.1 Å². The van der Waals surface area contributed by atoms with E-state index in [-0.39, 0.29) is 5.75 Å². The SMILES string of the molecule is COc1cc2c(NCc3cc(C)ccn3)ccnc2cc1F. The van der Waals surface area contributed by atoms with Crippen molar-refractivity contribution in [3.05, 3.63) is 59.8 Å². The van der Waals surface area contributed by atoms with Gasteiger partial charge in [0.15, 0.2) is 11.6 Å². The molecule has 0 spiro atoms. The van der Waals surface area contributed by atoms with E-state index in [4.69, 9.17) is 4.74 Å². The van der Waals surface area contributed by atoms with Crippen LogP contribution in [0.5, 0.6) is 5.75 Å². The van der Waals surface area contributed by atoms with E-state index in [0.29, 0.717) is 12.1 Å². The van der Waals surface area contributed by atoms with Gasteiger partial charge in [-0.25, -0.2) is 4.39 Å². The number of hydrogen-bond donors (Lipinski definition) is 1. The third-order valence-corrected chi connectivity index (χ3v) is 3.45. The van der Waals surface area contributed by atoms with Crippen molar-refractivity contribution in [2.45, 2.75) is 13.5 Å². The molecular weight excluding hydrogens is 281 g/mol. The van der Waals surface area contributed by atoms with Gasteiger partial charge in [0.1, 0.15) is 0 Å². The molecule has 0 radical (unpaired) electrons. The van der Waals surface area contributed by atoms with Gasteiger partial charge >= 0.3 is 0 Å². The number of anilines is 1. The summed E-state index contributed by atoms with van der Waals surface area (Å²) in [6.07, 6.45) is 3.44. The van der Waals surface area contributed by atoms with Crippen LogP contribution in [0.3, 0.4) is 0 Å². The normalized spacial score (nSPS) is 10.7. The van der Waals surface area contributed by atoms with Crippen molar-refractivity contribution < 1.29 is 9.13 Å². The largest absolute Gasteiger partial charge is 0.494 e. The van der Waals surface area contributed by atoms with E-state index in [9.17, 15) is 4.39 Å². The summed E-state index contributed by atoms with van der Waals surface area (Å²) in [6, 6.07) is 8.87. The van der Waals surface area contributed by atoms with Crippen LogP contribution in [0.2, 0.25) is 0 Å². The summed E-state index contributed by atoms with van der Waals surface area (Å²) >= 11 is 0. The minimum Gasteiger partial charge on any atom is -0.494 e. The smallest absolute Gasteiger partial charge is 0.167 e. The lowest BCUT2D eigenvalue weighted by molar-refractivity contribution is 0.387. The molecule has 2 aromatic heterocycles. The summed E-state index contributed by atoms with van der Waals surface area (Å²) < 4.78 is 18.8. The highest BCUT2D eigenvalue weighted by atomic mass is 19.1. The van der Waals surface area contributed by atoms with Crippen LogP contribution in [-0.2, 0) is 6.54 Å². The van der Waals surface area contributed by atoms with Crippen LogP contribution in [0.1, 0.15) is 11.3 Å². The highest BCUT2D eigenvalue weighted by Crippen LogP contribution is 2.28. The van der Waals surface area contributed by atoms with Crippen molar-refractivity contribution in [3.8, 4) is 5.75 Å². The lowest BCUT2D eigenvalue weighted by Gasteiger charge is -2.11. The number of benzene rings is 1. The molecule has 1 N–H and O–H groups in total. The zero-order valence-electron chi connectivity index (χ0n) is 12.4. The average molecular weight is 297 g/mol. The van der Waals surface area contributed by atoms with Gasteiger partial charge in [-0.15, -0.1) is 0 Å². The summed E-state index contributed by atoms with van der Waals surface area (Å²) in [6.45, 7) is 2.61. The van der Waals surface area contributed by atoms with Gasteiger partial charge in [0, 0.05) is 29.5 Å². The van der Waals surface area contributed by atoms with E-state index >= 15 is 0 Å². The molecule has 0 saturated carbocycles. The maximum absolute atomic E-state index is 13.8. The number of nitrogens with one attached hydrogen (secondary N) is 1. The highest BCUT2D eigenvalue weighted by Gasteiger charge is 2.09. The Kier molecular flexibility index (Phi) is 3.87. The lowest BCUT2D eigenvalue weighted by Crippen LogP contribution is -2.03. The van der Waals surface area contributed by atoms with E-state index in [2.05, 4.69) is 15.3 Å². The van der Waals surface area contributed by atoms with E-state index in [0.717, 1.165) is 22.3 Å². The minimum absolute atomic E-state index is 0.206. The zero-order valence-corrected chi connectivity index (χ0v) is 12.4. The Bertz CT molecular complexity index is 820. The number of fused-ring (bicyclic) bond motifs is 1. The van der Waals surface area contributed by atoms with E-state index in [1.165, 1.54) is 13.2 Å². The number of rotatable bonds is 4. The van der Waals surface area contributed by atoms with Gasteiger partial charge in [0.05, 0.1) is 24.9 Å². The molecule has 5 heteroatoms. The molecular formula is C17H16FN3O. The molecule has 0 aliphatic rings. The third kappa shape index (κ3) is 2.83. The molecule has 0 bridgehead atoms. The number of nitrogens with zero attached hydrogens (tertiary/aromatic N) is 2. The van der Waals surface area contributed by atoms with Gasteiger partial charge in [-0.1, -0.05) is 0 Å². The lowest BCUT2D eigenvalue weighted by atomic mass is 10.1. The van der Waals surface area contributed by atoms with Gasteiger partial charge in [-0.2, -0.15) is 0 Å². The van der Waals surface area contributed by atoms with Gasteiger partial charge in [-0.05, 0) is 36.8 Å². The first-order valence-electron chi connectivity index (χ1n) is 6.95. The first-order chi connectivity index (χ1) is 10.7. The molecule has 4 nitrogen and oxygen atoms in total. The van der Waals surface area contributed by atoms with Gasteiger partial charge in [0.2, 0.25) is 0 Å².